The molecule has 0 saturated heterocycles. The van der Waals surface area contributed by atoms with E-state index in [9.17, 15) is 4.79 Å². The number of methoxy groups -OCH3 is 2. The van der Waals surface area contributed by atoms with Crippen LogP contribution < -0.4 is 14.8 Å². The minimum Gasteiger partial charge on any atom is -0.497 e. The Morgan fingerprint density at radius 3 is 2.66 bits per heavy atom. The van der Waals surface area contributed by atoms with E-state index in [0.717, 1.165) is 46.0 Å². The van der Waals surface area contributed by atoms with Gasteiger partial charge in [0.1, 0.15) is 11.5 Å². The summed E-state index contributed by atoms with van der Waals surface area (Å²) in [5.74, 6) is 1.34. The van der Waals surface area contributed by atoms with E-state index in [1.807, 2.05) is 43.6 Å². The van der Waals surface area contributed by atoms with E-state index in [2.05, 4.69) is 34.4 Å². The van der Waals surface area contributed by atoms with Crippen molar-refractivity contribution in [3.63, 3.8) is 0 Å². The zero-order chi connectivity index (χ0) is 22.7. The maximum absolute atomic E-state index is 13.2. The van der Waals surface area contributed by atoms with Crippen molar-refractivity contribution >= 4 is 5.91 Å². The van der Waals surface area contributed by atoms with Gasteiger partial charge in [0.15, 0.2) is 0 Å². The van der Waals surface area contributed by atoms with Crippen molar-refractivity contribution in [2.75, 3.05) is 20.8 Å². The first-order chi connectivity index (χ1) is 15.5. The minimum absolute atomic E-state index is 0.0126. The van der Waals surface area contributed by atoms with Crippen molar-refractivity contribution in [2.45, 2.75) is 32.5 Å². The highest BCUT2D eigenvalue weighted by Crippen LogP contribution is 2.30. The van der Waals surface area contributed by atoms with Gasteiger partial charge in [-0.3, -0.25) is 14.4 Å². The van der Waals surface area contributed by atoms with Crippen LogP contribution in [0.5, 0.6) is 11.5 Å². The van der Waals surface area contributed by atoms with Gasteiger partial charge in [-0.2, -0.15) is 5.10 Å². The van der Waals surface area contributed by atoms with Gasteiger partial charge < -0.3 is 14.8 Å². The molecule has 1 aromatic heterocycles. The number of rotatable bonds is 7. The molecule has 3 aromatic rings. The number of hydrogen-bond acceptors (Lipinski definition) is 5. The van der Waals surface area contributed by atoms with Gasteiger partial charge in [0.05, 0.1) is 25.8 Å². The SMILES string of the molecule is COc1ccc(CNC(=O)[C@H]2CN(Cc3ccc(C)cc3OC)Cc3cn(C)nc32)cc1. The molecule has 1 N–H and O–H groups in total. The standard InChI is InChI=1S/C25H30N4O3/c1-17-5-8-19(23(11-17)32-4)14-29-15-20-13-28(2)27-24(20)22(16-29)25(30)26-12-18-6-9-21(31-3)10-7-18/h5-11,13,22H,12,14-16H2,1-4H3,(H,26,30)/t22-/m0/s1. The number of ether oxygens (including phenoxy) is 2. The molecule has 2 heterocycles. The second-order valence-corrected chi connectivity index (χ2v) is 8.32. The quantitative estimate of drug-likeness (QED) is 0.619. The normalized spacial score (nSPS) is 15.8. The molecular formula is C25H30N4O3. The predicted octanol–water partition coefficient (Wildman–Crippen LogP) is 3.16. The summed E-state index contributed by atoms with van der Waals surface area (Å²) >= 11 is 0. The van der Waals surface area contributed by atoms with E-state index in [0.29, 0.717) is 19.6 Å². The Morgan fingerprint density at radius 2 is 1.94 bits per heavy atom. The lowest BCUT2D eigenvalue weighted by Crippen LogP contribution is -2.40. The molecule has 0 saturated carbocycles. The fraction of sp³-hybridized carbons (Fsp3) is 0.360. The van der Waals surface area contributed by atoms with Gasteiger partial charge in [0.2, 0.25) is 5.91 Å². The van der Waals surface area contributed by atoms with E-state index < -0.39 is 0 Å². The summed E-state index contributed by atoms with van der Waals surface area (Å²) < 4.78 is 12.6. The number of carbonyl (C=O) groups excluding carboxylic acids is 1. The number of fused-ring (bicyclic) bond motifs is 1. The first-order valence-electron chi connectivity index (χ1n) is 10.8. The second-order valence-electron chi connectivity index (χ2n) is 8.32. The highest BCUT2D eigenvalue weighted by molar-refractivity contribution is 5.84. The van der Waals surface area contributed by atoms with Crippen LogP contribution in [0, 0.1) is 6.92 Å². The number of nitrogens with zero attached hydrogens (tertiary/aromatic N) is 3. The van der Waals surface area contributed by atoms with E-state index >= 15 is 0 Å². The third-order valence-electron chi connectivity index (χ3n) is 5.88. The number of amides is 1. The largest absolute Gasteiger partial charge is 0.497 e. The monoisotopic (exact) mass is 434 g/mol. The van der Waals surface area contributed by atoms with E-state index in [4.69, 9.17) is 9.47 Å². The van der Waals surface area contributed by atoms with Crippen LogP contribution in [0.4, 0.5) is 0 Å². The van der Waals surface area contributed by atoms with Gasteiger partial charge in [-0.25, -0.2) is 0 Å². The highest BCUT2D eigenvalue weighted by atomic mass is 16.5. The topological polar surface area (TPSA) is 68.6 Å². The highest BCUT2D eigenvalue weighted by Gasteiger charge is 2.33. The molecule has 7 nitrogen and oxygen atoms in total. The Bertz CT molecular complexity index is 1090. The number of nitrogens with one attached hydrogen (secondary N) is 1. The van der Waals surface area contributed by atoms with Crippen molar-refractivity contribution in [1.29, 1.82) is 0 Å². The van der Waals surface area contributed by atoms with Crippen molar-refractivity contribution in [3.8, 4) is 11.5 Å². The van der Waals surface area contributed by atoms with Crippen LogP contribution in [0.1, 0.15) is 33.9 Å². The van der Waals surface area contributed by atoms with Crippen LogP contribution >= 0.6 is 0 Å². The fourth-order valence-corrected chi connectivity index (χ4v) is 4.23. The van der Waals surface area contributed by atoms with Crippen LogP contribution in [-0.4, -0.2) is 41.4 Å². The van der Waals surface area contributed by atoms with Crippen LogP contribution in [0.2, 0.25) is 0 Å². The molecule has 0 radical (unpaired) electrons. The van der Waals surface area contributed by atoms with Crippen molar-refractivity contribution in [1.82, 2.24) is 20.0 Å². The van der Waals surface area contributed by atoms with Crippen molar-refractivity contribution in [2.24, 2.45) is 7.05 Å². The number of aromatic nitrogens is 2. The molecule has 1 aliphatic heterocycles. The molecule has 0 unspecified atom stereocenters. The smallest absolute Gasteiger partial charge is 0.230 e. The van der Waals surface area contributed by atoms with Crippen molar-refractivity contribution < 1.29 is 14.3 Å². The Labute approximate surface area is 188 Å². The third-order valence-corrected chi connectivity index (χ3v) is 5.88. The molecule has 1 aliphatic rings. The van der Waals surface area contributed by atoms with Crippen LogP contribution in [0.3, 0.4) is 0 Å². The summed E-state index contributed by atoms with van der Waals surface area (Å²) in [5, 5.41) is 7.70. The van der Waals surface area contributed by atoms with E-state index in [-0.39, 0.29) is 11.8 Å². The molecule has 0 bridgehead atoms. The molecule has 168 valence electrons. The molecule has 4 rings (SSSR count). The Morgan fingerprint density at radius 1 is 1.16 bits per heavy atom. The van der Waals surface area contributed by atoms with Gasteiger partial charge in [-0.1, -0.05) is 24.3 Å². The van der Waals surface area contributed by atoms with Crippen LogP contribution in [0.25, 0.3) is 0 Å². The number of aryl methyl sites for hydroxylation is 2. The maximum Gasteiger partial charge on any atom is 0.230 e. The van der Waals surface area contributed by atoms with Gasteiger partial charge in [0.25, 0.3) is 0 Å². The molecule has 32 heavy (non-hydrogen) atoms. The first kappa shape index (κ1) is 21.9. The second kappa shape index (κ2) is 9.44. The molecule has 0 aliphatic carbocycles. The van der Waals surface area contributed by atoms with Crippen LogP contribution in [0.15, 0.2) is 48.7 Å². The zero-order valence-electron chi connectivity index (χ0n) is 19.1. The summed E-state index contributed by atoms with van der Waals surface area (Å²) in [6.45, 7) is 4.59. The Hall–Kier alpha value is -3.32. The molecular weight excluding hydrogens is 404 g/mol. The van der Waals surface area contributed by atoms with Crippen molar-refractivity contribution in [3.05, 3.63) is 76.6 Å². The molecule has 0 spiro atoms. The first-order valence-corrected chi connectivity index (χ1v) is 10.8. The lowest BCUT2D eigenvalue weighted by Gasteiger charge is -2.31. The maximum atomic E-state index is 13.2. The lowest BCUT2D eigenvalue weighted by molar-refractivity contribution is -0.123. The van der Waals surface area contributed by atoms with Gasteiger partial charge in [-0.05, 0) is 36.2 Å². The molecule has 1 atom stereocenters. The number of hydrogen-bond donors (Lipinski definition) is 1. The number of benzene rings is 2. The molecule has 1 amide bonds. The van der Waals surface area contributed by atoms with Gasteiger partial charge in [-0.15, -0.1) is 0 Å². The number of carbonyl (C=O) groups is 1. The average molecular weight is 435 g/mol. The summed E-state index contributed by atoms with van der Waals surface area (Å²) in [6, 6.07) is 14.0. The summed E-state index contributed by atoms with van der Waals surface area (Å²) in [5.41, 5.74) is 5.26. The summed E-state index contributed by atoms with van der Waals surface area (Å²) in [6.07, 6.45) is 2.01. The average Bonchev–Trinajstić information content (AvgIpc) is 3.18. The molecule has 2 aromatic carbocycles. The summed E-state index contributed by atoms with van der Waals surface area (Å²) in [4.78, 5) is 15.5. The Kier molecular flexibility index (Phi) is 6.46. The van der Waals surface area contributed by atoms with Crippen LogP contribution in [-0.2, 0) is 31.5 Å². The zero-order valence-corrected chi connectivity index (χ0v) is 19.1. The minimum atomic E-state index is -0.324. The van der Waals surface area contributed by atoms with Gasteiger partial charge in [0, 0.05) is 50.6 Å². The molecule has 0 fully saturated rings. The van der Waals surface area contributed by atoms with E-state index in [1.165, 1.54) is 0 Å². The molecule has 7 heteroatoms. The van der Waals surface area contributed by atoms with Gasteiger partial charge >= 0.3 is 0 Å². The fourth-order valence-electron chi connectivity index (χ4n) is 4.23. The Balaban J connectivity index is 1.49. The third kappa shape index (κ3) is 4.78. The van der Waals surface area contributed by atoms with E-state index in [1.54, 1.807) is 18.9 Å². The summed E-state index contributed by atoms with van der Waals surface area (Å²) in [7, 11) is 5.24. The lowest BCUT2D eigenvalue weighted by atomic mass is 9.95. The predicted molar refractivity (Wildman–Crippen MR) is 123 cm³/mol.